The lowest BCUT2D eigenvalue weighted by atomic mass is 10.1. The molecule has 0 aromatic carbocycles. The van der Waals surface area contributed by atoms with Crippen molar-refractivity contribution in [1.82, 2.24) is 19.9 Å². The molecular formula is C21H25F4N7O2. The molecule has 0 spiro atoms. The Hall–Kier alpha value is -2.93. The van der Waals surface area contributed by atoms with Gasteiger partial charge in [-0.2, -0.15) is 13.8 Å². The molecule has 0 bridgehead atoms. The highest BCUT2D eigenvalue weighted by Crippen LogP contribution is 2.33. The molecular weight excluding hydrogens is 458 g/mol. The van der Waals surface area contributed by atoms with Crippen LogP contribution in [0.1, 0.15) is 0 Å². The van der Waals surface area contributed by atoms with E-state index in [-0.39, 0.29) is 30.6 Å². The van der Waals surface area contributed by atoms with E-state index in [0.29, 0.717) is 36.3 Å². The van der Waals surface area contributed by atoms with Crippen LogP contribution in [0.5, 0.6) is 5.75 Å². The largest absolute Gasteiger partial charge is 0.431 e. The normalized spacial score (nSPS) is 24.0. The number of anilines is 3. The number of hydrogen-bond donors (Lipinski definition) is 1. The van der Waals surface area contributed by atoms with Crippen LogP contribution in [0.2, 0.25) is 0 Å². The topological polar surface area (TPSA) is 92.9 Å². The molecule has 13 heteroatoms. The van der Waals surface area contributed by atoms with E-state index in [9.17, 15) is 17.6 Å². The summed E-state index contributed by atoms with van der Waals surface area (Å²) < 4.78 is 63.2. The molecule has 2 aromatic rings. The van der Waals surface area contributed by atoms with Crippen molar-refractivity contribution in [2.75, 3.05) is 68.0 Å². The average Bonchev–Trinajstić information content (AvgIpc) is 3.13. The molecule has 0 aliphatic carbocycles. The number of aromatic nitrogens is 3. The van der Waals surface area contributed by atoms with Gasteiger partial charge in [0, 0.05) is 50.0 Å². The Balaban J connectivity index is 1.44. The zero-order valence-corrected chi connectivity index (χ0v) is 18.3. The summed E-state index contributed by atoms with van der Waals surface area (Å²) in [7, 11) is 0. The molecule has 3 fully saturated rings. The maximum absolute atomic E-state index is 13.9. The third-order valence-electron chi connectivity index (χ3n) is 6.31. The fourth-order valence-corrected chi connectivity index (χ4v) is 4.36. The number of rotatable bonds is 6. The van der Waals surface area contributed by atoms with E-state index in [1.807, 2.05) is 4.90 Å². The van der Waals surface area contributed by atoms with Crippen LogP contribution < -0.4 is 20.3 Å². The molecule has 3 aliphatic rings. The number of nitrogen functional groups attached to an aromatic ring is 1. The van der Waals surface area contributed by atoms with Crippen molar-refractivity contribution < 1.29 is 27.0 Å². The number of nitrogens with two attached hydrogens (primary N) is 1. The first kappa shape index (κ1) is 22.8. The van der Waals surface area contributed by atoms with E-state index in [0.717, 1.165) is 26.2 Å². The van der Waals surface area contributed by atoms with E-state index in [1.165, 1.54) is 17.2 Å². The van der Waals surface area contributed by atoms with Gasteiger partial charge in [0.15, 0.2) is 23.9 Å². The van der Waals surface area contributed by atoms with Gasteiger partial charge in [0.1, 0.15) is 5.82 Å². The Labute approximate surface area is 193 Å². The van der Waals surface area contributed by atoms with Crippen molar-refractivity contribution in [1.29, 1.82) is 0 Å². The molecule has 5 heterocycles. The number of alkyl halides is 4. The summed E-state index contributed by atoms with van der Waals surface area (Å²) in [4.78, 5) is 18.8. The lowest BCUT2D eigenvalue weighted by Gasteiger charge is -2.47. The predicted octanol–water partition coefficient (Wildman–Crippen LogP) is 1.74. The highest BCUT2D eigenvalue weighted by molar-refractivity contribution is 5.68. The molecule has 5 rings (SSSR count). The van der Waals surface area contributed by atoms with Gasteiger partial charge in [-0.15, -0.1) is 0 Å². The van der Waals surface area contributed by atoms with Crippen molar-refractivity contribution in [3.05, 3.63) is 18.3 Å². The fraction of sp³-hybridized carbons (Fsp3) is 0.571. The summed E-state index contributed by atoms with van der Waals surface area (Å²) in [6.45, 7) is 1.20. The Morgan fingerprint density at radius 1 is 1.00 bits per heavy atom. The molecule has 0 radical (unpaired) electrons. The van der Waals surface area contributed by atoms with Crippen molar-refractivity contribution in [3.8, 4) is 17.0 Å². The molecule has 0 saturated carbocycles. The highest BCUT2D eigenvalue weighted by Gasteiger charge is 2.37. The quantitative estimate of drug-likeness (QED) is 0.617. The summed E-state index contributed by atoms with van der Waals surface area (Å²) in [5.41, 5.74) is 6.38. The van der Waals surface area contributed by atoms with E-state index < -0.39 is 19.0 Å². The Morgan fingerprint density at radius 2 is 1.71 bits per heavy atom. The summed E-state index contributed by atoms with van der Waals surface area (Å²) in [6.07, 6.45) is -1.87. The van der Waals surface area contributed by atoms with Gasteiger partial charge in [-0.25, -0.2) is 18.7 Å². The van der Waals surface area contributed by atoms with Crippen LogP contribution in [-0.2, 0) is 4.74 Å². The van der Waals surface area contributed by atoms with Gasteiger partial charge < -0.3 is 25.0 Å². The second-order valence-electron chi connectivity index (χ2n) is 8.54. The maximum atomic E-state index is 13.9. The zero-order chi connectivity index (χ0) is 23.8. The van der Waals surface area contributed by atoms with Crippen LogP contribution in [0, 0.1) is 0 Å². The smallest absolute Gasteiger partial charge is 0.387 e. The third kappa shape index (κ3) is 4.67. The van der Waals surface area contributed by atoms with Gasteiger partial charge in [-0.3, -0.25) is 4.90 Å². The van der Waals surface area contributed by atoms with Crippen molar-refractivity contribution in [2.24, 2.45) is 0 Å². The second kappa shape index (κ2) is 9.37. The van der Waals surface area contributed by atoms with Crippen LogP contribution in [0.15, 0.2) is 18.3 Å². The molecule has 2 aromatic heterocycles. The first-order chi connectivity index (χ1) is 16.4. The first-order valence-electron chi connectivity index (χ1n) is 11.1. The molecule has 0 unspecified atom stereocenters. The number of ether oxygens (including phenoxy) is 2. The SMILES string of the molecule is Nc1ncc(-c2cc(N3CC(N4CCOCC4)C3)nc(N3C[C@@H](F)[C@H](F)C3)n2)cc1OC(F)F. The van der Waals surface area contributed by atoms with Crippen LogP contribution in [0.3, 0.4) is 0 Å². The Bertz CT molecular complexity index is 1010. The van der Waals surface area contributed by atoms with Gasteiger partial charge in [0.05, 0.1) is 32.0 Å². The average molecular weight is 483 g/mol. The summed E-state index contributed by atoms with van der Waals surface area (Å²) in [6, 6.07) is 3.37. The van der Waals surface area contributed by atoms with Crippen molar-refractivity contribution >= 4 is 17.6 Å². The lowest BCUT2D eigenvalue weighted by Crippen LogP contribution is -2.61. The highest BCUT2D eigenvalue weighted by atomic mass is 19.3. The number of morpholine rings is 1. The summed E-state index contributed by atoms with van der Waals surface area (Å²) in [5, 5.41) is 0. The molecule has 2 N–H and O–H groups in total. The van der Waals surface area contributed by atoms with Gasteiger partial charge >= 0.3 is 6.61 Å². The number of hydrogen-bond acceptors (Lipinski definition) is 9. The lowest BCUT2D eigenvalue weighted by molar-refractivity contribution is -0.0494. The van der Waals surface area contributed by atoms with E-state index in [1.54, 1.807) is 6.07 Å². The zero-order valence-electron chi connectivity index (χ0n) is 18.3. The number of nitrogens with zero attached hydrogens (tertiary/aromatic N) is 6. The third-order valence-corrected chi connectivity index (χ3v) is 6.31. The maximum Gasteiger partial charge on any atom is 0.387 e. The summed E-state index contributed by atoms with van der Waals surface area (Å²) >= 11 is 0. The van der Waals surface area contributed by atoms with Crippen LogP contribution >= 0.6 is 0 Å². The molecule has 3 aliphatic heterocycles. The number of halogens is 4. The van der Waals surface area contributed by atoms with Crippen molar-refractivity contribution in [2.45, 2.75) is 25.0 Å². The van der Waals surface area contributed by atoms with Crippen LogP contribution in [0.4, 0.5) is 35.1 Å². The molecule has 9 nitrogen and oxygen atoms in total. The second-order valence-corrected chi connectivity index (χ2v) is 8.54. The molecule has 2 atom stereocenters. The summed E-state index contributed by atoms with van der Waals surface area (Å²) in [5.74, 6) is 0.280. The van der Waals surface area contributed by atoms with Gasteiger partial charge in [-0.05, 0) is 6.07 Å². The molecule has 34 heavy (non-hydrogen) atoms. The standard InChI is InChI=1S/C21H25F4N7O2/c22-14-10-32(11-15(14)23)21-28-16(12-5-17(34-20(24)25)19(26)27-7-12)6-18(29-21)31-8-13(9-31)30-1-3-33-4-2-30/h5-7,13-15,20H,1-4,8-11H2,(H2,26,27)/t14-,15-/m1/s1. The first-order valence-corrected chi connectivity index (χ1v) is 11.1. The van der Waals surface area contributed by atoms with Crippen LogP contribution in [0.25, 0.3) is 11.3 Å². The minimum absolute atomic E-state index is 0.165. The van der Waals surface area contributed by atoms with Gasteiger partial charge in [0.2, 0.25) is 5.95 Å². The molecule has 3 saturated heterocycles. The van der Waals surface area contributed by atoms with E-state index in [4.69, 9.17) is 10.5 Å². The molecule has 0 amide bonds. The Kier molecular flexibility index (Phi) is 6.30. The Morgan fingerprint density at radius 3 is 2.38 bits per heavy atom. The van der Waals surface area contributed by atoms with E-state index in [2.05, 4.69) is 24.6 Å². The molecule has 184 valence electrons. The van der Waals surface area contributed by atoms with E-state index >= 15 is 0 Å². The van der Waals surface area contributed by atoms with Gasteiger partial charge in [-0.1, -0.05) is 0 Å². The van der Waals surface area contributed by atoms with Crippen molar-refractivity contribution in [3.63, 3.8) is 0 Å². The minimum Gasteiger partial charge on any atom is -0.431 e. The fourth-order valence-electron chi connectivity index (χ4n) is 4.36. The van der Waals surface area contributed by atoms with Gasteiger partial charge in [0.25, 0.3) is 0 Å². The number of pyridine rings is 1. The van der Waals surface area contributed by atoms with Crippen LogP contribution in [-0.4, -0.2) is 97.3 Å². The minimum atomic E-state index is -3.07. The monoisotopic (exact) mass is 483 g/mol. The predicted molar refractivity (Wildman–Crippen MR) is 117 cm³/mol.